The number of aromatic nitrogens is 2. The lowest BCUT2D eigenvalue weighted by molar-refractivity contribution is 0.300. The molecule has 0 saturated heterocycles. The number of benzene rings is 1. The Kier molecular flexibility index (Phi) is 3.13. The molecule has 3 rings (SSSR count). The number of pyridine rings is 1. The monoisotopic (exact) mass is 272 g/mol. The molecule has 2 heterocycles. The van der Waals surface area contributed by atoms with Crippen LogP contribution in [0.1, 0.15) is 11.3 Å². The number of fused-ring (bicyclic) bond motifs is 1. The third-order valence-corrected chi connectivity index (χ3v) is 3.27. The maximum atomic E-state index is 6.09. The summed E-state index contributed by atoms with van der Waals surface area (Å²) in [7, 11) is 0. The van der Waals surface area contributed by atoms with Crippen LogP contribution in [0.4, 0.5) is 0 Å². The van der Waals surface area contributed by atoms with Gasteiger partial charge < -0.3 is 4.74 Å². The normalized spacial score (nSPS) is 10.8. The Labute approximate surface area is 116 Å². The fourth-order valence-electron chi connectivity index (χ4n) is 1.97. The van der Waals surface area contributed by atoms with Crippen LogP contribution in [-0.4, -0.2) is 9.38 Å². The van der Waals surface area contributed by atoms with Gasteiger partial charge >= 0.3 is 0 Å². The minimum absolute atomic E-state index is 0.433. The number of imidazole rings is 1. The maximum Gasteiger partial charge on any atom is 0.138 e. The SMILES string of the molecule is Cc1ccccc1OCc1cn2c(Cl)cccc2n1. The number of nitrogens with zero attached hydrogens (tertiary/aromatic N) is 2. The molecule has 0 aliphatic heterocycles. The van der Waals surface area contributed by atoms with Gasteiger partial charge in [-0.3, -0.25) is 4.40 Å². The van der Waals surface area contributed by atoms with Crippen LogP contribution in [0.5, 0.6) is 5.75 Å². The predicted octanol–water partition coefficient (Wildman–Crippen LogP) is 3.88. The van der Waals surface area contributed by atoms with Gasteiger partial charge in [-0.15, -0.1) is 0 Å². The average Bonchev–Trinajstić information content (AvgIpc) is 2.82. The van der Waals surface area contributed by atoms with Gasteiger partial charge in [-0.2, -0.15) is 0 Å². The summed E-state index contributed by atoms with van der Waals surface area (Å²) in [6.45, 7) is 2.46. The summed E-state index contributed by atoms with van der Waals surface area (Å²) in [6, 6.07) is 13.6. The molecule has 0 saturated carbocycles. The van der Waals surface area contributed by atoms with E-state index in [4.69, 9.17) is 16.3 Å². The number of aryl methyl sites for hydroxylation is 1. The number of rotatable bonds is 3. The van der Waals surface area contributed by atoms with Crippen LogP contribution in [-0.2, 0) is 6.61 Å². The highest BCUT2D eigenvalue weighted by Crippen LogP contribution is 2.19. The van der Waals surface area contributed by atoms with Crippen molar-refractivity contribution < 1.29 is 4.74 Å². The molecule has 0 aliphatic carbocycles. The minimum atomic E-state index is 0.433. The topological polar surface area (TPSA) is 26.5 Å². The van der Waals surface area contributed by atoms with Gasteiger partial charge in [0, 0.05) is 6.20 Å². The Morgan fingerprint density at radius 3 is 2.79 bits per heavy atom. The Morgan fingerprint density at radius 1 is 1.16 bits per heavy atom. The minimum Gasteiger partial charge on any atom is -0.487 e. The summed E-state index contributed by atoms with van der Waals surface area (Å²) in [5.41, 5.74) is 2.80. The molecule has 19 heavy (non-hydrogen) atoms. The third kappa shape index (κ3) is 2.42. The molecule has 0 aliphatic rings. The Hall–Kier alpha value is -2.00. The molecule has 0 N–H and O–H groups in total. The van der Waals surface area contributed by atoms with Gasteiger partial charge in [-0.05, 0) is 30.7 Å². The number of ether oxygens (including phenoxy) is 1. The van der Waals surface area contributed by atoms with E-state index < -0.39 is 0 Å². The van der Waals surface area contributed by atoms with Crippen LogP contribution < -0.4 is 4.74 Å². The van der Waals surface area contributed by atoms with Crippen molar-refractivity contribution in [1.29, 1.82) is 0 Å². The smallest absolute Gasteiger partial charge is 0.138 e. The zero-order valence-corrected chi connectivity index (χ0v) is 11.3. The lowest BCUT2D eigenvalue weighted by atomic mass is 10.2. The van der Waals surface area contributed by atoms with Gasteiger partial charge in [0.15, 0.2) is 0 Å². The van der Waals surface area contributed by atoms with Gasteiger partial charge in [0.25, 0.3) is 0 Å². The molecule has 4 heteroatoms. The van der Waals surface area contributed by atoms with Crippen LogP contribution in [0.15, 0.2) is 48.7 Å². The van der Waals surface area contributed by atoms with E-state index in [-0.39, 0.29) is 0 Å². The van der Waals surface area contributed by atoms with Crippen LogP contribution in [0.2, 0.25) is 5.15 Å². The van der Waals surface area contributed by atoms with Crippen molar-refractivity contribution in [3.63, 3.8) is 0 Å². The second kappa shape index (κ2) is 4.94. The number of halogens is 1. The summed E-state index contributed by atoms with van der Waals surface area (Å²) in [6.07, 6.45) is 1.90. The zero-order chi connectivity index (χ0) is 13.2. The summed E-state index contributed by atoms with van der Waals surface area (Å²) >= 11 is 6.09. The molecule has 96 valence electrons. The third-order valence-electron chi connectivity index (χ3n) is 2.96. The van der Waals surface area contributed by atoms with Crippen molar-refractivity contribution in [3.8, 4) is 5.75 Å². The first-order valence-electron chi connectivity index (χ1n) is 6.05. The van der Waals surface area contributed by atoms with Gasteiger partial charge in [-0.1, -0.05) is 35.9 Å². The number of hydrogen-bond acceptors (Lipinski definition) is 2. The molecule has 0 amide bonds. The van der Waals surface area contributed by atoms with Gasteiger partial charge in [0.05, 0.1) is 5.69 Å². The lowest BCUT2D eigenvalue weighted by Gasteiger charge is -2.06. The first-order chi connectivity index (χ1) is 9.24. The van der Waals surface area contributed by atoms with Crippen molar-refractivity contribution in [2.24, 2.45) is 0 Å². The standard InChI is InChI=1S/C15H13ClN2O/c1-11-5-2-3-6-13(11)19-10-12-9-18-14(16)7-4-8-15(18)17-12/h2-9H,10H2,1H3. The van der Waals surface area contributed by atoms with E-state index >= 15 is 0 Å². The number of para-hydroxylation sites is 1. The molecule has 0 bridgehead atoms. The zero-order valence-electron chi connectivity index (χ0n) is 10.5. The van der Waals surface area contributed by atoms with Crippen LogP contribution in [0.25, 0.3) is 5.65 Å². The highest BCUT2D eigenvalue weighted by Gasteiger charge is 2.05. The molecular weight excluding hydrogens is 260 g/mol. The van der Waals surface area contributed by atoms with E-state index in [1.807, 2.05) is 60.0 Å². The molecule has 0 radical (unpaired) electrons. The van der Waals surface area contributed by atoms with Crippen molar-refractivity contribution in [1.82, 2.24) is 9.38 Å². The van der Waals surface area contributed by atoms with Gasteiger partial charge in [0.1, 0.15) is 23.2 Å². The van der Waals surface area contributed by atoms with Crippen molar-refractivity contribution >= 4 is 17.2 Å². The molecule has 1 aromatic carbocycles. The summed E-state index contributed by atoms with van der Waals surface area (Å²) in [5.74, 6) is 0.880. The Balaban J connectivity index is 1.83. The molecule has 0 unspecified atom stereocenters. The first kappa shape index (κ1) is 12.1. The lowest BCUT2D eigenvalue weighted by Crippen LogP contribution is -1.96. The van der Waals surface area contributed by atoms with E-state index in [0.29, 0.717) is 11.8 Å². The van der Waals surface area contributed by atoms with Crippen LogP contribution >= 0.6 is 11.6 Å². The van der Waals surface area contributed by atoms with Crippen LogP contribution in [0.3, 0.4) is 0 Å². The van der Waals surface area contributed by atoms with E-state index in [0.717, 1.165) is 22.7 Å². The van der Waals surface area contributed by atoms with Gasteiger partial charge in [0.2, 0.25) is 0 Å². The van der Waals surface area contributed by atoms with E-state index in [2.05, 4.69) is 4.98 Å². The summed E-state index contributed by atoms with van der Waals surface area (Å²) < 4.78 is 7.62. The van der Waals surface area contributed by atoms with E-state index in [1.165, 1.54) is 0 Å². The summed E-state index contributed by atoms with van der Waals surface area (Å²) in [4.78, 5) is 4.47. The van der Waals surface area contributed by atoms with Crippen molar-refractivity contribution in [3.05, 3.63) is 65.1 Å². The van der Waals surface area contributed by atoms with Gasteiger partial charge in [-0.25, -0.2) is 4.98 Å². The molecule has 0 atom stereocenters. The fourth-order valence-corrected chi connectivity index (χ4v) is 2.18. The van der Waals surface area contributed by atoms with Crippen molar-refractivity contribution in [2.45, 2.75) is 13.5 Å². The number of hydrogen-bond donors (Lipinski definition) is 0. The molecule has 2 aromatic heterocycles. The summed E-state index contributed by atoms with van der Waals surface area (Å²) in [5, 5.41) is 0.646. The predicted molar refractivity (Wildman–Crippen MR) is 75.7 cm³/mol. The second-order valence-corrected chi connectivity index (χ2v) is 4.75. The highest BCUT2D eigenvalue weighted by atomic mass is 35.5. The largest absolute Gasteiger partial charge is 0.487 e. The Morgan fingerprint density at radius 2 is 2.00 bits per heavy atom. The van der Waals surface area contributed by atoms with Crippen LogP contribution in [0, 0.1) is 6.92 Å². The Bertz CT molecular complexity index is 721. The van der Waals surface area contributed by atoms with E-state index in [1.54, 1.807) is 0 Å². The van der Waals surface area contributed by atoms with Crippen molar-refractivity contribution in [2.75, 3.05) is 0 Å². The molecule has 0 fully saturated rings. The first-order valence-corrected chi connectivity index (χ1v) is 6.43. The highest BCUT2D eigenvalue weighted by molar-refractivity contribution is 6.29. The second-order valence-electron chi connectivity index (χ2n) is 4.36. The molecule has 3 nitrogen and oxygen atoms in total. The average molecular weight is 273 g/mol. The quantitative estimate of drug-likeness (QED) is 0.677. The molecule has 3 aromatic rings. The fraction of sp³-hybridized carbons (Fsp3) is 0.133. The van der Waals surface area contributed by atoms with E-state index in [9.17, 15) is 0 Å². The molecular formula is C15H13ClN2O. The maximum absolute atomic E-state index is 6.09. The molecule has 0 spiro atoms.